The number of fused-ring (bicyclic) bond motifs is 1. The predicted octanol–water partition coefficient (Wildman–Crippen LogP) is 1.81. The molecular formula is C15H14FNO4. The van der Waals surface area contributed by atoms with Gasteiger partial charge in [0.05, 0.1) is 23.9 Å². The number of halogens is 1. The first-order valence-electron chi connectivity index (χ1n) is 6.86. The van der Waals surface area contributed by atoms with Gasteiger partial charge in [-0.3, -0.25) is 14.5 Å². The van der Waals surface area contributed by atoms with Crippen molar-refractivity contribution in [3.8, 4) is 0 Å². The number of carboxylic acid groups (broad SMARTS) is 1. The van der Waals surface area contributed by atoms with Crippen molar-refractivity contribution in [3.05, 3.63) is 35.1 Å². The third-order valence-corrected chi connectivity index (χ3v) is 4.30. The average Bonchev–Trinajstić information content (AvgIpc) is 3.00. The van der Waals surface area contributed by atoms with Crippen LogP contribution in [0.4, 0.5) is 4.39 Å². The summed E-state index contributed by atoms with van der Waals surface area (Å²) in [6.07, 6.45) is 2.26. The second kappa shape index (κ2) is 4.95. The molecule has 1 aromatic carbocycles. The molecule has 1 aliphatic carbocycles. The Labute approximate surface area is 120 Å². The first-order valence-corrected chi connectivity index (χ1v) is 6.86. The standard InChI is InChI=1S/C15H14FNO4/c16-12-5-4-8(15(20)21)6-9(12)7-17-13(18)10-2-1-3-11(10)14(17)19/h4-6,10-11H,1-3,7H2,(H,20,21). The Morgan fingerprint density at radius 2 is 1.86 bits per heavy atom. The highest BCUT2D eigenvalue weighted by Gasteiger charge is 2.49. The molecule has 0 spiro atoms. The lowest BCUT2D eigenvalue weighted by molar-refractivity contribution is -0.141. The number of benzene rings is 1. The number of imide groups is 1. The Hall–Kier alpha value is -2.24. The van der Waals surface area contributed by atoms with Gasteiger partial charge in [0.1, 0.15) is 5.82 Å². The zero-order valence-electron chi connectivity index (χ0n) is 11.2. The number of nitrogens with zero attached hydrogens (tertiary/aromatic N) is 1. The second-order valence-electron chi connectivity index (χ2n) is 5.52. The minimum absolute atomic E-state index is 0.0524. The molecule has 2 atom stereocenters. The number of amides is 2. The third kappa shape index (κ3) is 2.20. The van der Waals surface area contributed by atoms with E-state index >= 15 is 0 Å². The molecule has 0 bridgehead atoms. The molecule has 2 amide bonds. The van der Waals surface area contributed by atoms with Crippen LogP contribution in [0, 0.1) is 17.7 Å². The van der Waals surface area contributed by atoms with Gasteiger partial charge in [0.2, 0.25) is 11.8 Å². The largest absolute Gasteiger partial charge is 0.478 e. The number of carboxylic acids is 1. The number of carbonyl (C=O) groups excluding carboxylic acids is 2. The molecule has 1 aromatic rings. The van der Waals surface area contributed by atoms with E-state index < -0.39 is 11.8 Å². The van der Waals surface area contributed by atoms with Crippen LogP contribution in [0.2, 0.25) is 0 Å². The van der Waals surface area contributed by atoms with Gasteiger partial charge in [-0.1, -0.05) is 6.42 Å². The van der Waals surface area contributed by atoms with E-state index in [0.717, 1.165) is 23.5 Å². The number of likely N-dealkylation sites (tertiary alicyclic amines) is 1. The summed E-state index contributed by atoms with van der Waals surface area (Å²) >= 11 is 0. The fraction of sp³-hybridized carbons (Fsp3) is 0.400. The van der Waals surface area contributed by atoms with Gasteiger partial charge in [0.15, 0.2) is 0 Å². The van der Waals surface area contributed by atoms with Gasteiger partial charge in [-0.25, -0.2) is 9.18 Å². The Balaban J connectivity index is 1.87. The molecule has 0 aromatic heterocycles. The fourth-order valence-corrected chi connectivity index (χ4v) is 3.22. The lowest BCUT2D eigenvalue weighted by atomic mass is 10.00. The van der Waals surface area contributed by atoms with Crippen molar-refractivity contribution in [2.45, 2.75) is 25.8 Å². The normalized spacial score (nSPS) is 24.5. The maximum Gasteiger partial charge on any atom is 0.335 e. The van der Waals surface area contributed by atoms with Crippen molar-refractivity contribution in [2.24, 2.45) is 11.8 Å². The molecule has 1 saturated carbocycles. The molecule has 2 aliphatic rings. The molecule has 1 N–H and O–H groups in total. The van der Waals surface area contributed by atoms with E-state index in [1.807, 2.05) is 0 Å². The zero-order chi connectivity index (χ0) is 15.1. The van der Waals surface area contributed by atoms with E-state index in [4.69, 9.17) is 5.11 Å². The van der Waals surface area contributed by atoms with Gasteiger partial charge in [-0.2, -0.15) is 0 Å². The molecule has 6 heteroatoms. The van der Waals surface area contributed by atoms with Gasteiger partial charge < -0.3 is 5.11 Å². The van der Waals surface area contributed by atoms with Crippen LogP contribution in [-0.4, -0.2) is 27.8 Å². The Morgan fingerprint density at radius 1 is 1.24 bits per heavy atom. The summed E-state index contributed by atoms with van der Waals surface area (Å²) in [5.41, 5.74) is -0.0118. The Kier molecular flexibility index (Phi) is 3.23. The van der Waals surface area contributed by atoms with Gasteiger partial charge in [-0.05, 0) is 31.0 Å². The zero-order valence-corrected chi connectivity index (χ0v) is 11.2. The molecule has 3 rings (SSSR count). The van der Waals surface area contributed by atoms with E-state index in [1.54, 1.807) is 0 Å². The molecule has 5 nitrogen and oxygen atoms in total. The van der Waals surface area contributed by atoms with Crippen LogP contribution in [-0.2, 0) is 16.1 Å². The Morgan fingerprint density at radius 3 is 2.43 bits per heavy atom. The van der Waals surface area contributed by atoms with Crippen LogP contribution in [0.25, 0.3) is 0 Å². The van der Waals surface area contributed by atoms with Gasteiger partial charge in [0, 0.05) is 5.56 Å². The lowest BCUT2D eigenvalue weighted by Gasteiger charge is -2.16. The highest BCUT2D eigenvalue weighted by molar-refractivity contribution is 6.05. The average molecular weight is 291 g/mol. The molecule has 1 heterocycles. The van der Waals surface area contributed by atoms with Crippen molar-refractivity contribution in [1.82, 2.24) is 4.90 Å². The van der Waals surface area contributed by atoms with Gasteiger partial charge in [-0.15, -0.1) is 0 Å². The minimum Gasteiger partial charge on any atom is -0.478 e. The summed E-state index contributed by atoms with van der Waals surface area (Å²) < 4.78 is 13.8. The first kappa shape index (κ1) is 13.7. The third-order valence-electron chi connectivity index (χ3n) is 4.30. The lowest BCUT2D eigenvalue weighted by Crippen LogP contribution is -2.31. The molecule has 1 saturated heterocycles. The number of aromatic carboxylic acids is 1. The van der Waals surface area contributed by atoms with Crippen molar-refractivity contribution in [2.75, 3.05) is 0 Å². The van der Waals surface area contributed by atoms with Crippen LogP contribution in [0.3, 0.4) is 0 Å². The summed E-state index contributed by atoms with van der Waals surface area (Å²) in [5, 5.41) is 8.93. The maximum absolute atomic E-state index is 13.8. The molecule has 110 valence electrons. The summed E-state index contributed by atoms with van der Waals surface area (Å²) in [7, 11) is 0. The second-order valence-corrected chi connectivity index (χ2v) is 5.52. The SMILES string of the molecule is O=C(O)c1ccc(F)c(CN2C(=O)C3CCCC3C2=O)c1. The maximum atomic E-state index is 13.8. The summed E-state index contributed by atoms with van der Waals surface area (Å²) in [6, 6.07) is 3.38. The number of hydrogen-bond acceptors (Lipinski definition) is 3. The highest BCUT2D eigenvalue weighted by atomic mass is 19.1. The summed E-state index contributed by atoms with van der Waals surface area (Å²) in [6.45, 7) is -0.197. The van der Waals surface area contributed by atoms with E-state index in [-0.39, 0.29) is 41.3 Å². The monoisotopic (exact) mass is 291 g/mol. The van der Waals surface area contributed by atoms with E-state index in [1.165, 1.54) is 6.07 Å². The van der Waals surface area contributed by atoms with Crippen LogP contribution < -0.4 is 0 Å². The van der Waals surface area contributed by atoms with Crippen molar-refractivity contribution < 1.29 is 23.9 Å². The van der Waals surface area contributed by atoms with Crippen LogP contribution in [0.15, 0.2) is 18.2 Å². The quantitative estimate of drug-likeness (QED) is 0.862. The summed E-state index contributed by atoms with van der Waals surface area (Å²) in [5.74, 6) is -2.86. The Bertz CT molecular complexity index is 621. The molecular weight excluding hydrogens is 277 g/mol. The van der Waals surface area contributed by atoms with Gasteiger partial charge in [0.25, 0.3) is 0 Å². The highest BCUT2D eigenvalue weighted by Crippen LogP contribution is 2.40. The predicted molar refractivity (Wildman–Crippen MR) is 69.7 cm³/mol. The number of hydrogen-bond donors (Lipinski definition) is 1. The van der Waals surface area contributed by atoms with Crippen LogP contribution in [0.5, 0.6) is 0 Å². The first-order chi connectivity index (χ1) is 9.99. The number of rotatable bonds is 3. The molecule has 2 unspecified atom stereocenters. The fourth-order valence-electron chi connectivity index (χ4n) is 3.22. The molecule has 1 aliphatic heterocycles. The van der Waals surface area contributed by atoms with Crippen LogP contribution in [0.1, 0.15) is 35.2 Å². The molecule has 0 radical (unpaired) electrons. The summed E-state index contributed by atoms with van der Waals surface area (Å²) in [4.78, 5) is 36.4. The number of carbonyl (C=O) groups is 3. The van der Waals surface area contributed by atoms with E-state index in [9.17, 15) is 18.8 Å². The van der Waals surface area contributed by atoms with E-state index in [2.05, 4.69) is 0 Å². The smallest absolute Gasteiger partial charge is 0.335 e. The van der Waals surface area contributed by atoms with Gasteiger partial charge >= 0.3 is 5.97 Å². The minimum atomic E-state index is -1.17. The van der Waals surface area contributed by atoms with Crippen molar-refractivity contribution in [1.29, 1.82) is 0 Å². The van der Waals surface area contributed by atoms with Crippen molar-refractivity contribution in [3.63, 3.8) is 0 Å². The molecule has 21 heavy (non-hydrogen) atoms. The topological polar surface area (TPSA) is 74.7 Å². The molecule has 2 fully saturated rings. The van der Waals surface area contributed by atoms with E-state index in [0.29, 0.717) is 12.8 Å². The van der Waals surface area contributed by atoms with Crippen LogP contribution >= 0.6 is 0 Å². The van der Waals surface area contributed by atoms with Crippen molar-refractivity contribution >= 4 is 17.8 Å².